The van der Waals surface area contributed by atoms with Gasteiger partial charge in [0.05, 0.1) is 11.3 Å². The van der Waals surface area contributed by atoms with Crippen molar-refractivity contribution >= 4 is 40.8 Å². The minimum atomic E-state index is -0.596. The lowest BCUT2D eigenvalue weighted by molar-refractivity contribution is -0.120. The number of aryl methyl sites for hydroxylation is 3. The molecule has 0 aliphatic carbocycles. The molecule has 4 rings (SSSR count). The van der Waals surface area contributed by atoms with Crippen molar-refractivity contribution < 1.29 is 19.1 Å². The van der Waals surface area contributed by atoms with Crippen LogP contribution in [0.25, 0.3) is 0 Å². The number of esters is 1. The molecule has 0 saturated carbocycles. The molecule has 0 saturated heterocycles. The van der Waals surface area contributed by atoms with Crippen molar-refractivity contribution in [1.29, 1.82) is 0 Å². The highest BCUT2D eigenvalue weighted by Crippen LogP contribution is 2.30. The molecule has 3 aromatic rings. The third-order valence-electron chi connectivity index (χ3n) is 5.40. The van der Waals surface area contributed by atoms with Gasteiger partial charge >= 0.3 is 5.97 Å². The Morgan fingerprint density at radius 2 is 1.52 bits per heavy atom. The summed E-state index contributed by atoms with van der Waals surface area (Å²) < 4.78 is 5.43. The van der Waals surface area contributed by atoms with Crippen molar-refractivity contribution in [3.63, 3.8) is 0 Å². The standard InChI is InChI=1S/C26H21ClN2O4/c1-15-4-11-20(12-5-15)29-24(30)22(27)23(25(29)31)28-19-9-7-18(8-10-19)26(32)33-21-13-6-16(2)17(3)14-21/h4-14,28H,1-3H3. The first kappa shape index (κ1) is 22.3. The van der Waals surface area contributed by atoms with E-state index in [1.165, 1.54) is 0 Å². The molecular weight excluding hydrogens is 440 g/mol. The van der Waals surface area contributed by atoms with E-state index >= 15 is 0 Å². The number of imide groups is 1. The highest BCUT2D eigenvalue weighted by molar-refractivity contribution is 6.53. The van der Waals surface area contributed by atoms with Gasteiger partial charge in [-0.15, -0.1) is 0 Å². The normalized spacial score (nSPS) is 13.5. The van der Waals surface area contributed by atoms with Gasteiger partial charge in [0.25, 0.3) is 11.8 Å². The van der Waals surface area contributed by atoms with Gasteiger partial charge in [0.2, 0.25) is 0 Å². The van der Waals surface area contributed by atoms with Crippen molar-refractivity contribution in [2.75, 3.05) is 10.2 Å². The Kier molecular flexibility index (Phi) is 6.03. The predicted molar refractivity (Wildman–Crippen MR) is 127 cm³/mol. The predicted octanol–water partition coefficient (Wildman–Crippen LogP) is 5.27. The van der Waals surface area contributed by atoms with E-state index in [1.807, 2.05) is 39.0 Å². The van der Waals surface area contributed by atoms with Crippen LogP contribution in [0, 0.1) is 20.8 Å². The maximum Gasteiger partial charge on any atom is 0.343 e. The third kappa shape index (κ3) is 4.52. The summed E-state index contributed by atoms with van der Waals surface area (Å²) in [5, 5.41) is 2.70. The number of amides is 2. The van der Waals surface area contributed by atoms with Crippen LogP contribution in [0.15, 0.2) is 77.5 Å². The molecule has 0 aromatic heterocycles. The zero-order chi connectivity index (χ0) is 23.7. The average Bonchev–Trinajstić information content (AvgIpc) is 3.00. The molecule has 0 bridgehead atoms. The van der Waals surface area contributed by atoms with E-state index in [-0.39, 0.29) is 10.7 Å². The minimum Gasteiger partial charge on any atom is -0.423 e. The van der Waals surface area contributed by atoms with Crippen LogP contribution >= 0.6 is 11.6 Å². The van der Waals surface area contributed by atoms with Crippen molar-refractivity contribution in [1.82, 2.24) is 0 Å². The van der Waals surface area contributed by atoms with Crippen LogP contribution in [0.2, 0.25) is 0 Å². The number of ether oxygens (including phenoxy) is 1. The molecule has 6 nitrogen and oxygen atoms in total. The molecule has 166 valence electrons. The van der Waals surface area contributed by atoms with Crippen molar-refractivity contribution in [2.24, 2.45) is 0 Å². The number of anilines is 2. The van der Waals surface area contributed by atoms with Gasteiger partial charge in [0, 0.05) is 5.69 Å². The second-order valence-corrected chi connectivity index (χ2v) is 8.19. The first-order valence-electron chi connectivity index (χ1n) is 10.3. The number of benzene rings is 3. The summed E-state index contributed by atoms with van der Waals surface area (Å²) >= 11 is 6.18. The molecule has 3 aromatic carbocycles. The lowest BCUT2D eigenvalue weighted by Crippen LogP contribution is -2.32. The van der Waals surface area contributed by atoms with E-state index in [2.05, 4.69) is 5.32 Å². The zero-order valence-corrected chi connectivity index (χ0v) is 19.1. The molecule has 1 aliphatic rings. The zero-order valence-electron chi connectivity index (χ0n) is 18.3. The van der Waals surface area contributed by atoms with Gasteiger partial charge in [-0.05, 0) is 80.4 Å². The largest absolute Gasteiger partial charge is 0.423 e. The summed E-state index contributed by atoms with van der Waals surface area (Å²) in [5.41, 5.74) is 4.40. The third-order valence-corrected chi connectivity index (χ3v) is 5.75. The van der Waals surface area contributed by atoms with Crippen molar-refractivity contribution in [3.8, 4) is 5.75 Å². The topological polar surface area (TPSA) is 75.7 Å². The molecule has 33 heavy (non-hydrogen) atoms. The average molecular weight is 461 g/mol. The SMILES string of the molecule is Cc1ccc(N2C(=O)C(Cl)=C(Nc3ccc(C(=O)Oc4ccc(C)c(C)c4)cc3)C2=O)cc1. The minimum absolute atomic E-state index is 0.0206. The Morgan fingerprint density at radius 3 is 2.15 bits per heavy atom. The summed E-state index contributed by atoms with van der Waals surface area (Å²) in [5.74, 6) is -1.18. The quantitative estimate of drug-likeness (QED) is 0.319. The van der Waals surface area contributed by atoms with Crippen LogP contribution in [-0.2, 0) is 9.59 Å². The number of nitrogens with zero attached hydrogens (tertiary/aromatic N) is 1. The number of carbonyl (C=O) groups excluding carboxylic acids is 3. The van der Waals surface area contributed by atoms with E-state index < -0.39 is 17.8 Å². The Bertz CT molecular complexity index is 1290. The van der Waals surface area contributed by atoms with Gasteiger partial charge < -0.3 is 10.1 Å². The van der Waals surface area contributed by atoms with E-state index in [0.717, 1.165) is 21.6 Å². The molecule has 2 amide bonds. The summed E-state index contributed by atoms with van der Waals surface area (Å²) in [6.07, 6.45) is 0. The maximum absolute atomic E-state index is 12.9. The fraction of sp³-hybridized carbons (Fsp3) is 0.115. The highest BCUT2D eigenvalue weighted by atomic mass is 35.5. The van der Waals surface area contributed by atoms with Crippen LogP contribution in [-0.4, -0.2) is 17.8 Å². The summed E-state index contributed by atoms with van der Waals surface area (Å²) in [6.45, 7) is 5.84. The van der Waals surface area contributed by atoms with E-state index in [0.29, 0.717) is 22.7 Å². The molecular formula is C26H21ClN2O4. The second-order valence-electron chi connectivity index (χ2n) is 7.81. The van der Waals surface area contributed by atoms with Crippen LogP contribution in [0.3, 0.4) is 0 Å². The Morgan fingerprint density at radius 1 is 0.848 bits per heavy atom. The van der Waals surface area contributed by atoms with E-state index in [9.17, 15) is 14.4 Å². The Hall–Kier alpha value is -3.90. The summed E-state index contributed by atoms with van der Waals surface area (Å²) in [4.78, 5) is 38.9. The first-order valence-corrected chi connectivity index (χ1v) is 10.6. The number of hydrogen-bond acceptors (Lipinski definition) is 5. The van der Waals surface area contributed by atoms with Gasteiger partial charge in [-0.2, -0.15) is 0 Å². The molecule has 0 fully saturated rings. The number of hydrogen-bond donors (Lipinski definition) is 1. The molecule has 7 heteroatoms. The van der Waals surface area contributed by atoms with Gasteiger partial charge in [0.15, 0.2) is 0 Å². The molecule has 1 heterocycles. The fourth-order valence-electron chi connectivity index (χ4n) is 3.32. The fourth-order valence-corrected chi connectivity index (χ4v) is 3.53. The monoisotopic (exact) mass is 460 g/mol. The van der Waals surface area contributed by atoms with Crippen LogP contribution in [0.5, 0.6) is 5.75 Å². The number of carbonyl (C=O) groups is 3. The first-order chi connectivity index (χ1) is 15.7. The second kappa shape index (κ2) is 8.92. The van der Waals surface area contributed by atoms with Crippen LogP contribution in [0.1, 0.15) is 27.0 Å². The maximum atomic E-state index is 12.9. The van der Waals surface area contributed by atoms with E-state index in [4.69, 9.17) is 16.3 Å². The number of nitrogens with one attached hydrogen (secondary N) is 1. The van der Waals surface area contributed by atoms with Crippen LogP contribution in [0.4, 0.5) is 11.4 Å². The molecule has 0 atom stereocenters. The summed E-state index contributed by atoms with van der Waals surface area (Å²) in [6, 6.07) is 18.8. The van der Waals surface area contributed by atoms with E-state index in [1.54, 1.807) is 48.5 Å². The number of rotatable bonds is 5. The molecule has 0 unspecified atom stereocenters. The van der Waals surface area contributed by atoms with Gasteiger partial charge in [-0.1, -0.05) is 35.4 Å². The Labute approximate surface area is 196 Å². The molecule has 1 aliphatic heterocycles. The van der Waals surface area contributed by atoms with Gasteiger partial charge in [0.1, 0.15) is 16.5 Å². The number of halogens is 1. The lowest BCUT2D eigenvalue weighted by Gasteiger charge is -2.15. The summed E-state index contributed by atoms with van der Waals surface area (Å²) in [7, 11) is 0. The van der Waals surface area contributed by atoms with Crippen molar-refractivity contribution in [3.05, 3.63) is 99.7 Å². The van der Waals surface area contributed by atoms with Crippen LogP contribution < -0.4 is 15.0 Å². The molecule has 0 spiro atoms. The van der Waals surface area contributed by atoms with Gasteiger partial charge in [-0.25, -0.2) is 9.69 Å². The van der Waals surface area contributed by atoms with Crippen molar-refractivity contribution in [2.45, 2.75) is 20.8 Å². The molecule has 0 radical (unpaired) electrons. The Balaban J connectivity index is 1.47. The van der Waals surface area contributed by atoms with Gasteiger partial charge in [-0.3, -0.25) is 9.59 Å². The molecule has 1 N–H and O–H groups in total. The highest BCUT2D eigenvalue weighted by Gasteiger charge is 2.38. The smallest absolute Gasteiger partial charge is 0.343 e. The lowest BCUT2D eigenvalue weighted by atomic mass is 10.1.